The molecule has 3 unspecified atom stereocenters. The molecular formula is C16H22O. The molecule has 0 amide bonds. The molecular weight excluding hydrogens is 208 g/mol. The van der Waals surface area contributed by atoms with Crippen molar-refractivity contribution in [3.8, 4) is 0 Å². The molecule has 92 valence electrons. The molecule has 2 aliphatic rings. The highest BCUT2D eigenvalue weighted by molar-refractivity contribution is 5.34. The fourth-order valence-electron chi connectivity index (χ4n) is 3.94. The normalized spacial score (nSPS) is 36.1. The molecule has 1 aromatic carbocycles. The van der Waals surface area contributed by atoms with E-state index >= 15 is 0 Å². The van der Waals surface area contributed by atoms with Crippen LogP contribution in [-0.4, -0.2) is 11.7 Å². The zero-order chi connectivity index (χ0) is 11.9. The molecule has 0 radical (unpaired) electrons. The van der Waals surface area contributed by atoms with E-state index in [2.05, 4.69) is 31.2 Å². The molecule has 0 spiro atoms. The number of benzene rings is 1. The van der Waals surface area contributed by atoms with Crippen LogP contribution in [0.3, 0.4) is 0 Å². The molecule has 0 aliphatic heterocycles. The van der Waals surface area contributed by atoms with Crippen molar-refractivity contribution in [2.75, 3.05) is 6.61 Å². The maximum Gasteiger partial charge on any atom is 0.0484 e. The minimum absolute atomic E-state index is 0.188. The molecule has 3 rings (SSSR count). The Labute approximate surface area is 104 Å². The predicted molar refractivity (Wildman–Crippen MR) is 70.0 cm³/mol. The molecule has 1 heteroatoms. The summed E-state index contributed by atoms with van der Waals surface area (Å²) in [4.78, 5) is 0. The Morgan fingerprint density at radius 3 is 2.94 bits per heavy atom. The smallest absolute Gasteiger partial charge is 0.0484 e. The van der Waals surface area contributed by atoms with Crippen LogP contribution in [0.4, 0.5) is 0 Å². The van der Waals surface area contributed by atoms with Gasteiger partial charge in [0.25, 0.3) is 0 Å². The van der Waals surface area contributed by atoms with Crippen LogP contribution in [0.1, 0.15) is 49.7 Å². The highest BCUT2D eigenvalue weighted by Crippen LogP contribution is 2.50. The average molecular weight is 230 g/mol. The third kappa shape index (κ3) is 1.91. The van der Waals surface area contributed by atoms with E-state index in [4.69, 9.17) is 0 Å². The van der Waals surface area contributed by atoms with Gasteiger partial charge in [-0.15, -0.1) is 0 Å². The summed E-state index contributed by atoms with van der Waals surface area (Å²) in [5.41, 5.74) is 3.36. The summed E-state index contributed by atoms with van der Waals surface area (Å²) in [7, 11) is 0. The first-order valence-corrected chi connectivity index (χ1v) is 6.90. The Hall–Kier alpha value is -0.820. The molecule has 0 saturated heterocycles. The number of hydrogen-bond acceptors (Lipinski definition) is 1. The van der Waals surface area contributed by atoms with E-state index in [0.717, 1.165) is 11.8 Å². The number of aliphatic hydroxyl groups is 1. The summed E-state index contributed by atoms with van der Waals surface area (Å²) >= 11 is 0. The van der Waals surface area contributed by atoms with Crippen molar-refractivity contribution in [2.45, 2.75) is 44.9 Å². The second-order valence-electron chi connectivity index (χ2n) is 6.32. The van der Waals surface area contributed by atoms with Crippen molar-refractivity contribution < 1.29 is 5.11 Å². The molecule has 1 saturated carbocycles. The average Bonchev–Trinajstić information content (AvgIpc) is 2.38. The summed E-state index contributed by atoms with van der Waals surface area (Å²) in [6, 6.07) is 8.97. The maximum absolute atomic E-state index is 9.54. The van der Waals surface area contributed by atoms with Crippen LogP contribution in [0.2, 0.25) is 0 Å². The van der Waals surface area contributed by atoms with Crippen LogP contribution < -0.4 is 0 Å². The first-order valence-electron chi connectivity index (χ1n) is 6.90. The zero-order valence-electron chi connectivity index (χ0n) is 10.7. The van der Waals surface area contributed by atoms with E-state index in [9.17, 15) is 5.11 Å². The van der Waals surface area contributed by atoms with Crippen molar-refractivity contribution in [1.29, 1.82) is 0 Å². The van der Waals surface area contributed by atoms with Gasteiger partial charge in [0.1, 0.15) is 0 Å². The van der Waals surface area contributed by atoms with Crippen LogP contribution in [0.5, 0.6) is 0 Å². The second kappa shape index (κ2) is 4.13. The summed E-state index contributed by atoms with van der Waals surface area (Å²) in [6.45, 7) is 2.61. The maximum atomic E-state index is 9.54. The van der Waals surface area contributed by atoms with E-state index in [1.54, 1.807) is 11.1 Å². The summed E-state index contributed by atoms with van der Waals surface area (Å²) in [5.74, 6) is 1.57. The second-order valence-corrected chi connectivity index (χ2v) is 6.32. The first-order chi connectivity index (χ1) is 8.22. The van der Waals surface area contributed by atoms with Crippen molar-refractivity contribution in [1.82, 2.24) is 0 Å². The van der Waals surface area contributed by atoms with E-state index in [-0.39, 0.29) is 5.41 Å². The van der Waals surface area contributed by atoms with E-state index in [1.807, 2.05) is 0 Å². The SMILES string of the molecule is CC1(CO)CCC2c3ccccc3CCC2C1. The standard InChI is InChI=1S/C16H22O/c1-16(11-17)9-8-15-13(10-16)7-6-12-4-2-3-5-14(12)15/h2-5,13,15,17H,6-11H2,1H3. The third-order valence-electron chi connectivity index (χ3n) is 5.00. The molecule has 0 bridgehead atoms. The largest absolute Gasteiger partial charge is 0.396 e. The van der Waals surface area contributed by atoms with Crippen LogP contribution in [0.25, 0.3) is 0 Å². The van der Waals surface area contributed by atoms with Gasteiger partial charge in [-0.25, -0.2) is 0 Å². The number of rotatable bonds is 1. The molecule has 1 aromatic rings. The van der Waals surface area contributed by atoms with E-state index < -0.39 is 0 Å². The van der Waals surface area contributed by atoms with Gasteiger partial charge in [0.2, 0.25) is 0 Å². The molecule has 1 fully saturated rings. The number of fused-ring (bicyclic) bond motifs is 3. The quantitative estimate of drug-likeness (QED) is 0.782. The highest BCUT2D eigenvalue weighted by Gasteiger charge is 2.39. The highest BCUT2D eigenvalue weighted by atomic mass is 16.3. The van der Waals surface area contributed by atoms with Gasteiger partial charge in [0.05, 0.1) is 0 Å². The lowest BCUT2D eigenvalue weighted by molar-refractivity contribution is 0.0569. The summed E-state index contributed by atoms with van der Waals surface area (Å²) in [6.07, 6.45) is 6.20. The van der Waals surface area contributed by atoms with Crippen LogP contribution in [0.15, 0.2) is 24.3 Å². The molecule has 3 atom stereocenters. The minimum atomic E-state index is 0.188. The lowest BCUT2D eigenvalue weighted by atomic mass is 9.61. The molecule has 2 aliphatic carbocycles. The molecule has 0 heterocycles. The summed E-state index contributed by atoms with van der Waals surface area (Å²) < 4.78 is 0. The topological polar surface area (TPSA) is 20.2 Å². The first kappa shape index (κ1) is 11.3. The Balaban J connectivity index is 1.88. The van der Waals surface area contributed by atoms with Gasteiger partial charge in [-0.2, -0.15) is 0 Å². The van der Waals surface area contributed by atoms with Crippen LogP contribution >= 0.6 is 0 Å². The van der Waals surface area contributed by atoms with Crippen molar-refractivity contribution >= 4 is 0 Å². The fraction of sp³-hybridized carbons (Fsp3) is 0.625. The van der Waals surface area contributed by atoms with Gasteiger partial charge >= 0.3 is 0 Å². The Kier molecular flexibility index (Phi) is 2.74. The van der Waals surface area contributed by atoms with Gasteiger partial charge in [-0.3, -0.25) is 0 Å². The Morgan fingerprint density at radius 2 is 2.12 bits per heavy atom. The molecule has 1 nitrogen and oxygen atoms in total. The molecule has 1 N–H and O–H groups in total. The molecule has 0 aromatic heterocycles. The lowest BCUT2D eigenvalue weighted by Crippen LogP contribution is -2.35. The predicted octanol–water partition coefficient (Wildman–Crippen LogP) is 3.52. The van der Waals surface area contributed by atoms with Crippen LogP contribution in [0, 0.1) is 11.3 Å². The van der Waals surface area contributed by atoms with Gasteiger partial charge < -0.3 is 5.11 Å². The van der Waals surface area contributed by atoms with Gasteiger partial charge in [-0.1, -0.05) is 31.2 Å². The van der Waals surface area contributed by atoms with Gasteiger partial charge in [0, 0.05) is 6.61 Å². The monoisotopic (exact) mass is 230 g/mol. The van der Waals surface area contributed by atoms with E-state index in [1.165, 1.54) is 32.1 Å². The fourth-order valence-corrected chi connectivity index (χ4v) is 3.94. The number of hydrogen-bond donors (Lipinski definition) is 1. The van der Waals surface area contributed by atoms with Gasteiger partial charge in [0.15, 0.2) is 0 Å². The van der Waals surface area contributed by atoms with Crippen molar-refractivity contribution in [3.05, 3.63) is 35.4 Å². The van der Waals surface area contributed by atoms with Crippen LogP contribution in [-0.2, 0) is 6.42 Å². The van der Waals surface area contributed by atoms with Crippen molar-refractivity contribution in [2.24, 2.45) is 11.3 Å². The minimum Gasteiger partial charge on any atom is -0.396 e. The van der Waals surface area contributed by atoms with E-state index in [0.29, 0.717) is 6.61 Å². The third-order valence-corrected chi connectivity index (χ3v) is 5.00. The lowest BCUT2D eigenvalue weighted by Gasteiger charge is -2.45. The Bertz CT molecular complexity index is 412. The Morgan fingerprint density at radius 1 is 1.29 bits per heavy atom. The number of aryl methyl sites for hydroxylation is 1. The van der Waals surface area contributed by atoms with Crippen molar-refractivity contribution in [3.63, 3.8) is 0 Å². The molecule has 17 heavy (non-hydrogen) atoms. The van der Waals surface area contributed by atoms with Gasteiger partial charge in [-0.05, 0) is 60.5 Å². The zero-order valence-corrected chi connectivity index (χ0v) is 10.7. The summed E-state index contributed by atoms with van der Waals surface area (Å²) in [5, 5.41) is 9.54. The number of aliphatic hydroxyl groups excluding tert-OH is 1.